The fourth-order valence-electron chi connectivity index (χ4n) is 2.38. The van der Waals surface area contributed by atoms with Crippen molar-refractivity contribution in [1.82, 2.24) is 4.98 Å². The smallest absolute Gasteiger partial charge is 0.225 e. The molecule has 0 fully saturated rings. The van der Waals surface area contributed by atoms with E-state index in [1.165, 1.54) is 18.9 Å². The average molecular weight is 404 g/mol. The third kappa shape index (κ3) is 6.46. The average Bonchev–Trinajstić information content (AvgIpc) is 2.66. The summed E-state index contributed by atoms with van der Waals surface area (Å²) in [6.07, 6.45) is 3.37. The zero-order valence-corrected chi connectivity index (χ0v) is 17.0. The van der Waals surface area contributed by atoms with Gasteiger partial charge in [-0.3, -0.25) is 4.79 Å². The molecule has 1 aromatic heterocycles. The summed E-state index contributed by atoms with van der Waals surface area (Å²) >= 11 is 7.49. The Labute approximate surface area is 169 Å². The maximum absolute atomic E-state index is 12.1. The van der Waals surface area contributed by atoms with E-state index in [9.17, 15) is 10.1 Å². The molecule has 1 N–H and O–H groups in total. The first kappa shape index (κ1) is 21.1. The number of thioether (sulfide) groups is 1. The number of ether oxygens (including phenoxy) is 1. The Bertz CT molecular complexity index is 836. The van der Waals surface area contributed by atoms with Gasteiger partial charge in [-0.1, -0.05) is 24.9 Å². The van der Waals surface area contributed by atoms with E-state index < -0.39 is 0 Å². The fraction of sp³-hybridized carbons (Fsp3) is 0.350. The Morgan fingerprint density at radius 1 is 1.37 bits per heavy atom. The molecule has 2 aromatic rings. The van der Waals surface area contributed by atoms with Gasteiger partial charge in [0.1, 0.15) is 16.8 Å². The van der Waals surface area contributed by atoms with Gasteiger partial charge in [0.2, 0.25) is 5.91 Å². The van der Waals surface area contributed by atoms with E-state index in [2.05, 4.69) is 23.3 Å². The van der Waals surface area contributed by atoms with E-state index in [-0.39, 0.29) is 5.91 Å². The van der Waals surface area contributed by atoms with Gasteiger partial charge in [0, 0.05) is 23.6 Å². The minimum Gasteiger partial charge on any atom is -0.495 e. The summed E-state index contributed by atoms with van der Waals surface area (Å²) in [4.78, 5) is 16.7. The number of pyridine rings is 1. The molecule has 0 saturated heterocycles. The maximum atomic E-state index is 12.1. The van der Waals surface area contributed by atoms with Crippen LogP contribution >= 0.6 is 23.4 Å². The molecule has 142 valence electrons. The van der Waals surface area contributed by atoms with E-state index in [0.29, 0.717) is 39.2 Å². The minimum atomic E-state index is -0.121. The highest BCUT2D eigenvalue weighted by molar-refractivity contribution is 7.99. The number of rotatable bonds is 9. The maximum Gasteiger partial charge on any atom is 0.225 e. The molecular formula is C20H22ClN3O2S. The number of methoxy groups -OCH3 is 1. The van der Waals surface area contributed by atoms with Crippen LogP contribution in [0, 0.1) is 11.3 Å². The summed E-state index contributed by atoms with van der Waals surface area (Å²) in [6, 6.07) is 11.0. The van der Waals surface area contributed by atoms with Crippen molar-refractivity contribution in [2.45, 2.75) is 37.6 Å². The molecule has 0 aliphatic carbocycles. The summed E-state index contributed by atoms with van der Waals surface area (Å²) in [6.45, 7) is 2.13. The zero-order valence-electron chi connectivity index (χ0n) is 15.4. The molecular weight excluding hydrogens is 382 g/mol. The molecule has 2 rings (SSSR count). The second kappa shape index (κ2) is 10.8. The van der Waals surface area contributed by atoms with Gasteiger partial charge in [0.25, 0.3) is 0 Å². The molecule has 27 heavy (non-hydrogen) atoms. The molecule has 0 aliphatic heterocycles. The Balaban J connectivity index is 1.90. The van der Waals surface area contributed by atoms with Crippen molar-refractivity contribution in [3.8, 4) is 11.8 Å². The lowest BCUT2D eigenvalue weighted by Gasteiger charge is -2.09. The van der Waals surface area contributed by atoms with Crippen LogP contribution in [0.1, 0.15) is 37.4 Å². The van der Waals surface area contributed by atoms with Crippen LogP contribution in [0.4, 0.5) is 5.69 Å². The number of hydrogen-bond acceptors (Lipinski definition) is 5. The van der Waals surface area contributed by atoms with Crippen LogP contribution < -0.4 is 10.1 Å². The lowest BCUT2D eigenvalue weighted by molar-refractivity contribution is -0.115. The first-order valence-electron chi connectivity index (χ1n) is 8.73. The van der Waals surface area contributed by atoms with E-state index in [4.69, 9.17) is 16.3 Å². The van der Waals surface area contributed by atoms with E-state index in [1.54, 1.807) is 24.3 Å². The van der Waals surface area contributed by atoms with Crippen molar-refractivity contribution >= 4 is 35.0 Å². The van der Waals surface area contributed by atoms with E-state index in [0.717, 1.165) is 25.0 Å². The van der Waals surface area contributed by atoms with E-state index >= 15 is 0 Å². The standard InChI is InChI=1S/C20H22ClN3O2S/c1-3-4-5-15-7-6-14(13-22)20(24-15)27-11-10-19(25)23-16-8-9-18(26-2)17(21)12-16/h6-9,12H,3-5,10-11H2,1-2H3,(H,23,25). The molecule has 0 bridgehead atoms. The molecule has 1 amide bonds. The van der Waals surface area contributed by atoms with Crippen LogP contribution in [0.5, 0.6) is 5.75 Å². The van der Waals surface area contributed by atoms with Crippen molar-refractivity contribution in [1.29, 1.82) is 5.26 Å². The van der Waals surface area contributed by atoms with Crippen LogP contribution in [-0.2, 0) is 11.2 Å². The molecule has 0 radical (unpaired) electrons. The first-order valence-corrected chi connectivity index (χ1v) is 10.1. The second-order valence-corrected chi connectivity index (χ2v) is 7.36. The molecule has 0 atom stereocenters. The summed E-state index contributed by atoms with van der Waals surface area (Å²) in [5.74, 6) is 0.974. The number of amides is 1. The number of benzene rings is 1. The predicted molar refractivity (Wildman–Crippen MR) is 110 cm³/mol. The van der Waals surface area contributed by atoms with Gasteiger partial charge in [-0.2, -0.15) is 5.26 Å². The molecule has 0 unspecified atom stereocenters. The highest BCUT2D eigenvalue weighted by Gasteiger charge is 2.09. The number of hydrogen-bond donors (Lipinski definition) is 1. The Morgan fingerprint density at radius 2 is 2.19 bits per heavy atom. The molecule has 0 saturated carbocycles. The highest BCUT2D eigenvalue weighted by atomic mass is 35.5. The van der Waals surface area contributed by atoms with Crippen LogP contribution in [0.2, 0.25) is 5.02 Å². The zero-order chi connectivity index (χ0) is 19.6. The SMILES string of the molecule is CCCCc1ccc(C#N)c(SCCC(=O)Nc2ccc(OC)c(Cl)c2)n1. The Kier molecular flexibility index (Phi) is 8.43. The van der Waals surface area contributed by atoms with Gasteiger partial charge in [0.15, 0.2) is 0 Å². The number of halogens is 1. The summed E-state index contributed by atoms with van der Waals surface area (Å²) < 4.78 is 5.09. The monoisotopic (exact) mass is 403 g/mol. The number of carbonyl (C=O) groups is 1. The number of unbranched alkanes of at least 4 members (excludes halogenated alkanes) is 1. The number of nitrogens with zero attached hydrogens (tertiary/aromatic N) is 2. The fourth-order valence-corrected chi connectivity index (χ4v) is 3.57. The molecule has 0 aliphatic rings. The van der Waals surface area contributed by atoms with Crippen LogP contribution in [0.3, 0.4) is 0 Å². The van der Waals surface area contributed by atoms with Gasteiger partial charge < -0.3 is 10.1 Å². The Morgan fingerprint density at radius 3 is 2.85 bits per heavy atom. The van der Waals surface area contributed by atoms with Gasteiger partial charge in [-0.25, -0.2) is 4.98 Å². The number of aryl methyl sites for hydroxylation is 1. The lowest BCUT2D eigenvalue weighted by atomic mass is 10.2. The van der Waals surface area contributed by atoms with Crippen molar-refractivity contribution < 1.29 is 9.53 Å². The largest absolute Gasteiger partial charge is 0.495 e. The summed E-state index contributed by atoms with van der Waals surface area (Å²) in [5.41, 5.74) is 2.14. The molecule has 1 heterocycles. The van der Waals surface area contributed by atoms with Crippen LogP contribution in [0.25, 0.3) is 0 Å². The number of nitriles is 1. The van der Waals surface area contributed by atoms with Crippen molar-refractivity contribution in [2.75, 3.05) is 18.2 Å². The van der Waals surface area contributed by atoms with Gasteiger partial charge in [-0.15, -0.1) is 11.8 Å². The quantitative estimate of drug-likeness (QED) is 0.591. The van der Waals surface area contributed by atoms with Crippen molar-refractivity contribution in [3.63, 3.8) is 0 Å². The van der Waals surface area contributed by atoms with Crippen molar-refractivity contribution in [3.05, 3.63) is 46.6 Å². The molecule has 7 heteroatoms. The number of aromatic nitrogens is 1. The normalized spacial score (nSPS) is 10.3. The van der Waals surface area contributed by atoms with Crippen LogP contribution in [0.15, 0.2) is 35.4 Å². The highest BCUT2D eigenvalue weighted by Crippen LogP contribution is 2.27. The van der Waals surface area contributed by atoms with Gasteiger partial charge >= 0.3 is 0 Å². The summed E-state index contributed by atoms with van der Waals surface area (Å²) in [7, 11) is 1.54. The topological polar surface area (TPSA) is 75.0 Å². The minimum absolute atomic E-state index is 0.121. The van der Waals surface area contributed by atoms with Crippen molar-refractivity contribution in [2.24, 2.45) is 0 Å². The van der Waals surface area contributed by atoms with Gasteiger partial charge in [0.05, 0.1) is 17.7 Å². The third-order valence-electron chi connectivity index (χ3n) is 3.83. The molecule has 1 aromatic carbocycles. The number of anilines is 1. The second-order valence-electron chi connectivity index (χ2n) is 5.87. The first-order chi connectivity index (χ1) is 13.1. The third-order valence-corrected chi connectivity index (χ3v) is 5.12. The molecule has 5 nitrogen and oxygen atoms in total. The van der Waals surface area contributed by atoms with Gasteiger partial charge in [-0.05, 0) is 43.2 Å². The summed E-state index contributed by atoms with van der Waals surface area (Å²) in [5, 5.41) is 13.2. The lowest BCUT2D eigenvalue weighted by Crippen LogP contribution is -2.12. The van der Waals surface area contributed by atoms with Crippen LogP contribution in [-0.4, -0.2) is 23.8 Å². The molecule has 0 spiro atoms. The Hall–Kier alpha value is -2.23. The number of carbonyl (C=O) groups excluding carboxylic acids is 1. The predicted octanol–water partition coefficient (Wildman–Crippen LogP) is 5.08. The van der Waals surface area contributed by atoms with E-state index in [1.807, 2.05) is 6.07 Å². The number of nitrogens with one attached hydrogen (secondary N) is 1.